The highest BCUT2D eigenvalue weighted by Crippen LogP contribution is 2.33. The molecule has 0 bridgehead atoms. The Kier molecular flexibility index (Phi) is 10.6. The van der Waals surface area contributed by atoms with Gasteiger partial charge in [-0.3, -0.25) is 9.63 Å². The maximum absolute atomic E-state index is 13.5. The van der Waals surface area contributed by atoms with Crippen LogP contribution in [0, 0.1) is 17.5 Å². The lowest BCUT2D eigenvalue weighted by Crippen LogP contribution is -2.40. The number of ether oxygens (including phenoxy) is 2. The van der Waals surface area contributed by atoms with Gasteiger partial charge in [0.25, 0.3) is 16.3 Å². The Bertz CT molecular complexity index is 1750. The molecular formula is C30H35F3N6O8S. The Morgan fingerprint density at radius 3 is 2.38 bits per heavy atom. The highest BCUT2D eigenvalue weighted by molar-refractivity contribution is 7.90. The van der Waals surface area contributed by atoms with Gasteiger partial charge in [-0.15, -0.1) is 5.01 Å². The van der Waals surface area contributed by atoms with E-state index < -0.39 is 51.7 Å². The largest absolute Gasteiger partial charge is 0.569 e. The van der Waals surface area contributed by atoms with E-state index in [1.54, 1.807) is 49.8 Å². The molecule has 1 unspecified atom stereocenters. The van der Waals surface area contributed by atoms with E-state index in [-0.39, 0.29) is 34.4 Å². The number of aromatic nitrogens is 2. The SMILES string of the molecule is Cc1ccc(-c2cc(C(F)(F)F)nn2-c2ccc(S(=O)(=O)NC(=O)OC[C@@H]3CCCN3/[N+]([O-])=N/OC(C)OC(=O)C(C)(C)C)cc2)cc1. The molecule has 260 valence electrons. The van der Waals surface area contributed by atoms with Gasteiger partial charge in [-0.2, -0.15) is 18.3 Å². The van der Waals surface area contributed by atoms with Crippen LogP contribution in [0.5, 0.6) is 0 Å². The lowest BCUT2D eigenvalue weighted by molar-refractivity contribution is -0.716. The van der Waals surface area contributed by atoms with Crippen molar-refractivity contribution < 1.29 is 50.5 Å². The Labute approximate surface area is 274 Å². The molecule has 3 aromatic rings. The van der Waals surface area contributed by atoms with Crippen molar-refractivity contribution in [3.05, 3.63) is 71.1 Å². The van der Waals surface area contributed by atoms with Gasteiger partial charge >= 0.3 is 18.2 Å². The van der Waals surface area contributed by atoms with Crippen LogP contribution in [0.15, 0.2) is 64.8 Å². The summed E-state index contributed by atoms with van der Waals surface area (Å²) in [5.41, 5.74) is -0.278. The molecule has 0 saturated carbocycles. The van der Waals surface area contributed by atoms with Gasteiger partial charge in [-0.1, -0.05) is 29.8 Å². The van der Waals surface area contributed by atoms with Crippen molar-refractivity contribution in [3.63, 3.8) is 0 Å². The molecule has 0 spiro atoms. The van der Waals surface area contributed by atoms with E-state index in [4.69, 9.17) is 14.3 Å². The van der Waals surface area contributed by atoms with Crippen molar-refractivity contribution in [1.29, 1.82) is 0 Å². The van der Waals surface area contributed by atoms with Crippen molar-refractivity contribution in [2.45, 2.75) is 70.9 Å². The Morgan fingerprint density at radius 1 is 1.12 bits per heavy atom. The van der Waals surface area contributed by atoms with Crippen LogP contribution in [-0.2, 0) is 35.3 Å². The van der Waals surface area contributed by atoms with Crippen molar-refractivity contribution in [2.24, 2.45) is 10.7 Å². The molecule has 4 rings (SSSR count). The summed E-state index contributed by atoms with van der Waals surface area (Å²) in [6.45, 7) is 8.02. The van der Waals surface area contributed by atoms with E-state index in [9.17, 15) is 36.4 Å². The normalized spacial score (nSPS) is 16.4. The Hall–Kier alpha value is -4.87. The average Bonchev–Trinajstić information content (AvgIpc) is 3.67. The smallest absolute Gasteiger partial charge is 0.435 e. The third-order valence-corrected chi connectivity index (χ3v) is 8.41. The number of aryl methyl sites for hydroxylation is 1. The second-order valence-corrected chi connectivity index (χ2v) is 13.7. The summed E-state index contributed by atoms with van der Waals surface area (Å²) in [5.74, 6) is -0.559. The molecule has 1 amide bonds. The lowest BCUT2D eigenvalue weighted by atomic mass is 9.97. The monoisotopic (exact) mass is 696 g/mol. The number of esters is 1. The number of alkyl halides is 3. The van der Waals surface area contributed by atoms with E-state index >= 15 is 0 Å². The number of benzene rings is 2. The van der Waals surface area contributed by atoms with Gasteiger partial charge in [0.05, 0.1) is 33.2 Å². The number of carbonyl (C=O) groups excluding carboxylic acids is 2. The Balaban J connectivity index is 1.38. The van der Waals surface area contributed by atoms with Crippen LogP contribution in [0.25, 0.3) is 16.9 Å². The van der Waals surface area contributed by atoms with Crippen LogP contribution >= 0.6 is 0 Å². The van der Waals surface area contributed by atoms with Crippen LogP contribution in [0.2, 0.25) is 0 Å². The van der Waals surface area contributed by atoms with E-state index in [1.807, 2.05) is 6.92 Å². The fourth-order valence-corrected chi connectivity index (χ4v) is 5.39. The van der Waals surface area contributed by atoms with Crippen LogP contribution in [-0.4, -0.2) is 65.7 Å². The molecule has 14 nitrogen and oxygen atoms in total. The molecule has 2 aromatic carbocycles. The fraction of sp³-hybridized carbons (Fsp3) is 0.433. The fourth-order valence-electron chi connectivity index (χ4n) is 4.50. The van der Waals surface area contributed by atoms with Crippen LogP contribution in [0.1, 0.15) is 51.8 Å². The zero-order valence-corrected chi connectivity index (χ0v) is 27.5. The predicted molar refractivity (Wildman–Crippen MR) is 162 cm³/mol. The second-order valence-electron chi connectivity index (χ2n) is 12.0. The van der Waals surface area contributed by atoms with Crippen molar-refractivity contribution >= 4 is 22.1 Å². The first kappa shape index (κ1) is 36.0. The highest BCUT2D eigenvalue weighted by atomic mass is 32.2. The van der Waals surface area contributed by atoms with Gasteiger partial charge in [0.1, 0.15) is 12.6 Å². The molecule has 1 aromatic heterocycles. The zero-order valence-electron chi connectivity index (χ0n) is 26.7. The topological polar surface area (TPSA) is 167 Å². The summed E-state index contributed by atoms with van der Waals surface area (Å²) in [6, 6.07) is 11.7. The Morgan fingerprint density at radius 2 is 1.77 bits per heavy atom. The molecule has 18 heteroatoms. The molecule has 1 fully saturated rings. The molecule has 2 heterocycles. The third kappa shape index (κ3) is 8.93. The van der Waals surface area contributed by atoms with E-state index in [2.05, 4.69) is 10.4 Å². The predicted octanol–water partition coefficient (Wildman–Crippen LogP) is 5.49. The van der Waals surface area contributed by atoms with E-state index in [1.165, 1.54) is 24.1 Å². The summed E-state index contributed by atoms with van der Waals surface area (Å²) in [7, 11) is -4.46. The molecule has 0 radical (unpaired) electrons. The second kappa shape index (κ2) is 14.1. The number of hydrogen-bond donors (Lipinski definition) is 1. The van der Waals surface area contributed by atoms with Crippen LogP contribution < -0.4 is 4.72 Å². The molecule has 0 aliphatic carbocycles. The van der Waals surface area contributed by atoms with Crippen molar-refractivity contribution in [2.75, 3.05) is 13.2 Å². The number of amides is 1. The number of nitrogens with zero attached hydrogens (tertiary/aromatic N) is 5. The highest BCUT2D eigenvalue weighted by Gasteiger charge is 2.36. The number of halogens is 3. The van der Waals surface area contributed by atoms with Crippen molar-refractivity contribution in [3.8, 4) is 16.9 Å². The molecule has 48 heavy (non-hydrogen) atoms. The minimum Gasteiger partial charge on any atom is -0.569 e. The molecule has 1 saturated heterocycles. The molecule has 2 atom stereocenters. The average molecular weight is 697 g/mol. The van der Waals surface area contributed by atoms with Gasteiger partial charge in [0, 0.05) is 12.5 Å². The number of rotatable bonds is 10. The van der Waals surface area contributed by atoms with Gasteiger partial charge in [0.15, 0.2) is 5.69 Å². The van der Waals surface area contributed by atoms with Crippen LogP contribution in [0.3, 0.4) is 0 Å². The summed E-state index contributed by atoms with van der Waals surface area (Å²) in [5, 5.41) is 20.8. The molecule has 1 N–H and O–H groups in total. The number of sulfonamides is 1. The summed E-state index contributed by atoms with van der Waals surface area (Å²) in [4.78, 5) is 29.1. The number of carbonyl (C=O) groups is 2. The number of hydrazine groups is 1. The van der Waals surface area contributed by atoms with Gasteiger partial charge in [0.2, 0.25) is 5.28 Å². The van der Waals surface area contributed by atoms with Gasteiger partial charge < -0.3 is 14.7 Å². The first-order chi connectivity index (χ1) is 22.3. The standard InChI is InChI=1S/C30H35F3N6O8S/c1-19-8-10-21(11-9-19)25-17-26(30(31,32)33)34-38(25)22-12-14-24(15-13-22)48(43,44)35-28(41)45-18-23-7-6-16-37(23)39(42)36-47-20(2)46-27(40)29(3,4)5/h8-15,17,20,23H,6-7,16,18H2,1-5H3,(H,35,41)/b39-36-/t20?,23-/m0/s1. The third-order valence-electron chi connectivity index (χ3n) is 7.08. The number of nitrogens with one attached hydrogen (secondary N) is 1. The minimum absolute atomic E-state index is 0.134. The minimum atomic E-state index is -4.72. The molecule has 1 aliphatic heterocycles. The van der Waals surface area contributed by atoms with E-state index in [0.717, 1.165) is 28.4 Å². The zero-order chi connectivity index (χ0) is 35.4. The number of hydrogen-bond acceptors (Lipinski definition) is 10. The van der Waals surface area contributed by atoms with Crippen molar-refractivity contribution in [1.82, 2.24) is 19.5 Å². The quantitative estimate of drug-likeness (QED) is 0.0941. The summed E-state index contributed by atoms with van der Waals surface area (Å²) < 4.78 is 79.3. The maximum atomic E-state index is 13.5. The lowest BCUT2D eigenvalue weighted by Gasteiger charge is -2.21. The van der Waals surface area contributed by atoms with E-state index in [0.29, 0.717) is 18.4 Å². The summed E-state index contributed by atoms with van der Waals surface area (Å²) in [6.07, 6.45) is -6.23. The van der Waals surface area contributed by atoms with Gasteiger partial charge in [-0.05, 0) is 70.9 Å². The summed E-state index contributed by atoms with van der Waals surface area (Å²) >= 11 is 0. The van der Waals surface area contributed by atoms with Gasteiger partial charge in [-0.25, -0.2) is 22.6 Å². The first-order valence-corrected chi connectivity index (χ1v) is 16.2. The van der Waals surface area contributed by atoms with Crippen LogP contribution in [0.4, 0.5) is 18.0 Å². The first-order valence-electron chi connectivity index (χ1n) is 14.7. The maximum Gasteiger partial charge on any atom is 0.435 e. The molecule has 1 aliphatic rings. The molecular weight excluding hydrogens is 661 g/mol.